The molecule has 1 N–H and O–H groups in total. The van der Waals surface area contributed by atoms with Crippen LogP contribution in [0.1, 0.15) is 93.2 Å². The maximum Gasteiger partial charge on any atom is 0.200 e. The molecule has 0 heterocycles. The van der Waals surface area contributed by atoms with Gasteiger partial charge < -0.3 is 9.84 Å². The SMILES string of the molecule is C=CCCOc1ccc(CCC2=CCC(c3ccc(C4CCC(C(O)CCC)CC4)c(F)c3F)C=C2)c(F)c1F. The highest BCUT2D eigenvalue weighted by Crippen LogP contribution is 2.41. The molecule has 0 saturated heterocycles. The van der Waals surface area contributed by atoms with Crippen molar-refractivity contribution in [1.82, 2.24) is 0 Å². The number of halogens is 4. The van der Waals surface area contributed by atoms with Crippen LogP contribution in [0.3, 0.4) is 0 Å². The third-order valence-corrected chi connectivity index (χ3v) is 8.45. The van der Waals surface area contributed by atoms with Crippen LogP contribution >= 0.6 is 0 Å². The molecule has 2 nitrogen and oxygen atoms in total. The van der Waals surface area contributed by atoms with Crippen LogP contribution in [0.25, 0.3) is 0 Å². The summed E-state index contributed by atoms with van der Waals surface area (Å²) in [5.74, 6) is -3.61. The van der Waals surface area contributed by atoms with Gasteiger partial charge in [0.05, 0.1) is 12.7 Å². The van der Waals surface area contributed by atoms with Crippen LogP contribution in [-0.4, -0.2) is 17.8 Å². The lowest BCUT2D eigenvalue weighted by molar-refractivity contribution is 0.0727. The fourth-order valence-electron chi connectivity index (χ4n) is 6.02. The van der Waals surface area contributed by atoms with Crippen molar-refractivity contribution in [3.8, 4) is 5.75 Å². The number of ether oxygens (including phenoxy) is 1. The van der Waals surface area contributed by atoms with Crippen LogP contribution in [0, 0.1) is 29.2 Å². The van der Waals surface area contributed by atoms with Gasteiger partial charge in [-0.1, -0.05) is 61.4 Å². The summed E-state index contributed by atoms with van der Waals surface area (Å²) < 4.78 is 64.6. The fourth-order valence-corrected chi connectivity index (χ4v) is 6.02. The number of rotatable bonds is 12. The smallest absolute Gasteiger partial charge is 0.200 e. The van der Waals surface area contributed by atoms with E-state index in [1.807, 2.05) is 18.2 Å². The first-order valence-corrected chi connectivity index (χ1v) is 14.6. The van der Waals surface area contributed by atoms with Gasteiger partial charge in [0, 0.05) is 5.92 Å². The van der Waals surface area contributed by atoms with Crippen LogP contribution < -0.4 is 4.74 Å². The second-order valence-electron chi connectivity index (χ2n) is 11.1. The number of hydrogen-bond donors (Lipinski definition) is 1. The van der Waals surface area contributed by atoms with Crippen molar-refractivity contribution in [2.45, 2.75) is 89.1 Å². The Balaban J connectivity index is 1.33. The molecule has 1 fully saturated rings. The van der Waals surface area contributed by atoms with Gasteiger partial charge >= 0.3 is 0 Å². The number of benzene rings is 2. The normalized spacial score (nSPS) is 21.6. The lowest BCUT2D eigenvalue weighted by Crippen LogP contribution is -2.25. The number of aryl methyl sites for hydroxylation is 1. The van der Waals surface area contributed by atoms with E-state index >= 15 is 8.78 Å². The summed E-state index contributed by atoms with van der Waals surface area (Å²) in [4.78, 5) is 0. The molecule has 2 aliphatic rings. The van der Waals surface area contributed by atoms with E-state index in [1.54, 1.807) is 18.2 Å². The molecule has 2 unspecified atom stereocenters. The fraction of sp³-hybridized carbons (Fsp3) is 0.471. The lowest BCUT2D eigenvalue weighted by Gasteiger charge is -2.32. The van der Waals surface area contributed by atoms with Crippen molar-refractivity contribution in [2.24, 2.45) is 5.92 Å². The molecule has 2 aromatic carbocycles. The molecule has 40 heavy (non-hydrogen) atoms. The van der Waals surface area contributed by atoms with E-state index < -0.39 is 23.3 Å². The van der Waals surface area contributed by atoms with E-state index in [9.17, 15) is 13.9 Å². The number of aliphatic hydroxyl groups is 1. The van der Waals surface area contributed by atoms with E-state index in [4.69, 9.17) is 4.74 Å². The molecule has 4 rings (SSSR count). The maximum absolute atomic E-state index is 15.2. The van der Waals surface area contributed by atoms with Gasteiger partial charge in [-0.3, -0.25) is 0 Å². The average molecular weight is 557 g/mol. The van der Waals surface area contributed by atoms with Crippen molar-refractivity contribution >= 4 is 0 Å². The second kappa shape index (κ2) is 14.2. The molecule has 0 amide bonds. The molecule has 6 heteroatoms. The van der Waals surface area contributed by atoms with E-state index in [0.717, 1.165) is 44.1 Å². The third kappa shape index (κ3) is 7.06. The molecule has 216 valence electrons. The highest BCUT2D eigenvalue weighted by molar-refractivity contribution is 5.38. The monoisotopic (exact) mass is 556 g/mol. The minimum Gasteiger partial charge on any atom is -0.490 e. The first-order valence-electron chi connectivity index (χ1n) is 14.6. The van der Waals surface area contributed by atoms with Crippen LogP contribution in [0.2, 0.25) is 0 Å². The zero-order chi connectivity index (χ0) is 28.6. The maximum atomic E-state index is 15.2. The summed E-state index contributed by atoms with van der Waals surface area (Å²) in [5, 5.41) is 10.3. The molecule has 0 spiro atoms. The molecule has 0 aromatic heterocycles. The van der Waals surface area contributed by atoms with Crippen molar-refractivity contribution < 1.29 is 27.4 Å². The van der Waals surface area contributed by atoms with E-state index in [1.165, 1.54) is 12.1 Å². The molecular weight excluding hydrogens is 516 g/mol. The highest BCUT2D eigenvalue weighted by atomic mass is 19.2. The summed E-state index contributed by atoms with van der Waals surface area (Å²) in [6.07, 6.45) is 13.8. The Morgan fingerprint density at radius 1 is 0.950 bits per heavy atom. The van der Waals surface area contributed by atoms with Gasteiger partial charge in [0.25, 0.3) is 0 Å². The van der Waals surface area contributed by atoms with Gasteiger partial charge in [0.2, 0.25) is 5.82 Å². The highest BCUT2D eigenvalue weighted by Gasteiger charge is 2.30. The molecule has 1 saturated carbocycles. The molecule has 2 aromatic rings. The molecule has 0 aliphatic heterocycles. The first-order chi connectivity index (χ1) is 19.3. The Morgan fingerprint density at radius 2 is 1.68 bits per heavy atom. The average Bonchev–Trinajstić information content (AvgIpc) is 2.97. The Kier molecular flexibility index (Phi) is 10.7. The Morgan fingerprint density at radius 3 is 2.35 bits per heavy atom. The zero-order valence-electron chi connectivity index (χ0n) is 23.3. The largest absolute Gasteiger partial charge is 0.490 e. The summed E-state index contributed by atoms with van der Waals surface area (Å²) in [7, 11) is 0. The molecular formula is C34H40F4O2. The first kappa shape index (κ1) is 30.1. The predicted octanol–water partition coefficient (Wildman–Crippen LogP) is 9.24. The van der Waals surface area contributed by atoms with Gasteiger partial charge in [-0.25, -0.2) is 13.2 Å². The number of hydrogen-bond acceptors (Lipinski definition) is 2. The van der Waals surface area contributed by atoms with Gasteiger partial charge in [-0.2, -0.15) is 4.39 Å². The summed E-state index contributed by atoms with van der Waals surface area (Å²) in [6, 6.07) is 6.42. The standard InChI is InChI=1S/C34H40F4O2/c1-3-5-21-40-30-20-17-26(31(35)34(30)38)12-9-22-7-10-23(11-8-22)27-18-19-28(33(37)32(27)36)24-13-15-25(16-14-24)29(39)6-4-2/h3,7-8,10,17-20,23-25,29,39H,1,4-6,9,11-16,21H2,2H3. The quantitative estimate of drug-likeness (QED) is 0.160. The van der Waals surface area contributed by atoms with E-state index in [2.05, 4.69) is 13.5 Å². The van der Waals surface area contributed by atoms with Crippen molar-refractivity contribution in [2.75, 3.05) is 6.61 Å². The van der Waals surface area contributed by atoms with Gasteiger partial charge in [0.1, 0.15) is 0 Å². The predicted molar refractivity (Wildman–Crippen MR) is 152 cm³/mol. The van der Waals surface area contributed by atoms with Crippen molar-refractivity contribution in [3.05, 3.63) is 101 Å². The van der Waals surface area contributed by atoms with Crippen LogP contribution in [-0.2, 0) is 6.42 Å². The molecule has 2 aliphatic carbocycles. The summed E-state index contributed by atoms with van der Waals surface area (Å²) in [6.45, 7) is 5.86. The third-order valence-electron chi connectivity index (χ3n) is 8.45. The second-order valence-corrected chi connectivity index (χ2v) is 11.1. The van der Waals surface area contributed by atoms with Gasteiger partial charge in [-0.05, 0) is 92.4 Å². The Bertz CT molecular complexity index is 1230. The van der Waals surface area contributed by atoms with Gasteiger partial charge in [0.15, 0.2) is 23.2 Å². The van der Waals surface area contributed by atoms with Crippen molar-refractivity contribution in [3.63, 3.8) is 0 Å². The lowest BCUT2D eigenvalue weighted by atomic mass is 9.75. The summed E-state index contributed by atoms with van der Waals surface area (Å²) in [5.41, 5.74) is 1.98. The van der Waals surface area contributed by atoms with Crippen LogP contribution in [0.15, 0.2) is 60.7 Å². The van der Waals surface area contributed by atoms with Crippen molar-refractivity contribution in [1.29, 1.82) is 0 Å². The van der Waals surface area contributed by atoms with Crippen LogP contribution in [0.5, 0.6) is 5.75 Å². The van der Waals surface area contributed by atoms with Crippen LogP contribution in [0.4, 0.5) is 17.6 Å². The minimum absolute atomic E-state index is 0.0278. The topological polar surface area (TPSA) is 29.5 Å². The molecule has 0 radical (unpaired) electrons. The number of aliphatic hydroxyl groups excluding tert-OH is 1. The van der Waals surface area contributed by atoms with E-state index in [0.29, 0.717) is 36.8 Å². The zero-order valence-corrected chi connectivity index (χ0v) is 23.3. The van der Waals surface area contributed by atoms with Gasteiger partial charge in [-0.15, -0.1) is 6.58 Å². The minimum atomic E-state index is -0.988. The summed E-state index contributed by atoms with van der Waals surface area (Å²) >= 11 is 0. The number of allylic oxidation sites excluding steroid dienone is 4. The molecule has 2 atom stereocenters. The Hall–Kier alpha value is -2.86. The van der Waals surface area contributed by atoms with E-state index in [-0.39, 0.29) is 41.8 Å². The molecule has 0 bridgehead atoms. The Labute approximate surface area is 235 Å².